The number of esters is 1. The van der Waals surface area contributed by atoms with Crippen LogP contribution in [0.5, 0.6) is 0 Å². The molecule has 0 spiro atoms. The number of hydrogen-bond acceptors (Lipinski definition) is 4. The molecule has 0 saturated carbocycles. The Hall–Kier alpha value is -1.33. The predicted molar refractivity (Wildman–Crippen MR) is 86.5 cm³/mol. The highest BCUT2D eigenvalue weighted by molar-refractivity contribution is 7.80. The maximum atomic E-state index is 11.7. The zero-order chi connectivity index (χ0) is 15.1. The number of hydrogen-bond donors (Lipinski definition) is 1. The van der Waals surface area contributed by atoms with Crippen molar-refractivity contribution in [2.45, 2.75) is 20.3 Å². The summed E-state index contributed by atoms with van der Waals surface area (Å²) in [6.45, 7) is 5.01. The van der Waals surface area contributed by atoms with Crippen LogP contribution in [0.2, 0.25) is 5.02 Å². The highest BCUT2D eigenvalue weighted by Gasteiger charge is 2.16. The molecule has 110 valence electrons. The molecular weight excluding hydrogens is 296 g/mol. The van der Waals surface area contributed by atoms with Gasteiger partial charge in [0, 0.05) is 22.8 Å². The number of benzene rings is 1. The molecule has 4 nitrogen and oxygen atoms in total. The molecule has 0 atom stereocenters. The summed E-state index contributed by atoms with van der Waals surface area (Å²) in [7, 11) is 0. The second-order valence-electron chi connectivity index (χ2n) is 4.25. The molecule has 0 bridgehead atoms. The van der Waals surface area contributed by atoms with Gasteiger partial charge in [0.05, 0.1) is 6.61 Å². The van der Waals surface area contributed by atoms with Crippen LogP contribution in [-0.4, -0.2) is 30.7 Å². The molecule has 0 radical (unpaired) electrons. The van der Waals surface area contributed by atoms with Gasteiger partial charge in [-0.25, -0.2) is 0 Å². The van der Waals surface area contributed by atoms with Crippen molar-refractivity contribution < 1.29 is 9.53 Å². The zero-order valence-electron chi connectivity index (χ0n) is 11.7. The third-order valence-corrected chi connectivity index (χ3v) is 3.14. The van der Waals surface area contributed by atoms with Gasteiger partial charge in [0.1, 0.15) is 11.5 Å². The molecule has 0 fully saturated rings. The Bertz CT molecular complexity index is 494. The van der Waals surface area contributed by atoms with Gasteiger partial charge in [-0.3, -0.25) is 4.79 Å². The van der Waals surface area contributed by atoms with E-state index in [4.69, 9.17) is 34.3 Å². The first kappa shape index (κ1) is 16.7. The van der Waals surface area contributed by atoms with E-state index in [0.29, 0.717) is 23.7 Å². The molecular formula is C14H19ClN2O2S. The molecule has 1 aromatic rings. The normalized spacial score (nSPS) is 10.2. The monoisotopic (exact) mass is 314 g/mol. The van der Waals surface area contributed by atoms with Crippen molar-refractivity contribution in [1.82, 2.24) is 0 Å². The van der Waals surface area contributed by atoms with Crippen LogP contribution >= 0.6 is 23.8 Å². The summed E-state index contributed by atoms with van der Waals surface area (Å²) < 4.78 is 4.99. The van der Waals surface area contributed by atoms with Crippen LogP contribution in [0.1, 0.15) is 25.8 Å². The van der Waals surface area contributed by atoms with Gasteiger partial charge in [0.25, 0.3) is 0 Å². The number of thiocarbonyl (C=S) groups is 1. The number of halogens is 1. The van der Waals surface area contributed by atoms with Crippen LogP contribution in [0.15, 0.2) is 18.2 Å². The number of ether oxygens (including phenoxy) is 1. The first-order chi connectivity index (χ1) is 9.49. The summed E-state index contributed by atoms with van der Waals surface area (Å²) in [5.41, 5.74) is 7.21. The molecule has 0 aromatic heterocycles. The van der Waals surface area contributed by atoms with Crippen molar-refractivity contribution in [3.8, 4) is 0 Å². The van der Waals surface area contributed by atoms with E-state index in [-0.39, 0.29) is 17.5 Å². The standard InChI is InChI=1S/C14H19ClN2O2S/c1-3-7-17(9-13(18)19-4-2)12-8-10(15)5-6-11(12)14(16)20/h5-6,8H,3-4,7,9H2,1-2H3,(H2,16,20). The summed E-state index contributed by atoms with van der Waals surface area (Å²) in [6.07, 6.45) is 0.878. The Morgan fingerprint density at radius 2 is 2.15 bits per heavy atom. The third kappa shape index (κ3) is 4.65. The molecule has 6 heteroatoms. The summed E-state index contributed by atoms with van der Waals surface area (Å²) in [5, 5.41) is 0.574. The van der Waals surface area contributed by atoms with Crippen molar-refractivity contribution in [2.75, 3.05) is 24.6 Å². The second-order valence-corrected chi connectivity index (χ2v) is 5.13. The minimum atomic E-state index is -0.283. The van der Waals surface area contributed by atoms with Gasteiger partial charge < -0.3 is 15.4 Å². The van der Waals surface area contributed by atoms with Gasteiger partial charge in [-0.15, -0.1) is 0 Å². The smallest absolute Gasteiger partial charge is 0.325 e. The lowest BCUT2D eigenvalue weighted by molar-refractivity contribution is -0.141. The molecule has 0 aliphatic carbocycles. The van der Waals surface area contributed by atoms with Crippen LogP contribution in [-0.2, 0) is 9.53 Å². The molecule has 1 rings (SSSR count). The molecule has 0 saturated heterocycles. The Morgan fingerprint density at radius 1 is 1.45 bits per heavy atom. The minimum Gasteiger partial charge on any atom is -0.465 e. The van der Waals surface area contributed by atoms with Gasteiger partial charge in [-0.2, -0.15) is 0 Å². The van der Waals surface area contributed by atoms with Crippen molar-refractivity contribution in [2.24, 2.45) is 5.73 Å². The molecule has 20 heavy (non-hydrogen) atoms. The van der Waals surface area contributed by atoms with E-state index < -0.39 is 0 Å². The highest BCUT2D eigenvalue weighted by Crippen LogP contribution is 2.25. The Balaban J connectivity index is 3.09. The van der Waals surface area contributed by atoms with Gasteiger partial charge in [-0.05, 0) is 31.5 Å². The number of nitrogens with two attached hydrogens (primary N) is 1. The number of anilines is 1. The van der Waals surface area contributed by atoms with Crippen LogP contribution in [0, 0.1) is 0 Å². The van der Waals surface area contributed by atoms with E-state index in [1.165, 1.54) is 0 Å². The highest BCUT2D eigenvalue weighted by atomic mass is 35.5. The summed E-state index contributed by atoms with van der Waals surface area (Å²) >= 11 is 11.1. The molecule has 0 aliphatic rings. The number of carbonyl (C=O) groups is 1. The second kappa shape index (κ2) is 8.07. The van der Waals surface area contributed by atoms with E-state index in [9.17, 15) is 4.79 Å². The fourth-order valence-corrected chi connectivity index (χ4v) is 2.23. The third-order valence-electron chi connectivity index (χ3n) is 2.68. The lowest BCUT2D eigenvalue weighted by Crippen LogP contribution is -2.33. The predicted octanol–water partition coefficient (Wildman–Crippen LogP) is 2.75. The summed E-state index contributed by atoms with van der Waals surface area (Å²) in [6, 6.07) is 5.27. The minimum absolute atomic E-state index is 0.150. The summed E-state index contributed by atoms with van der Waals surface area (Å²) in [4.78, 5) is 13.9. The topological polar surface area (TPSA) is 55.6 Å². The lowest BCUT2D eigenvalue weighted by atomic mass is 10.1. The van der Waals surface area contributed by atoms with E-state index in [1.54, 1.807) is 25.1 Å². The van der Waals surface area contributed by atoms with Gasteiger partial charge in [0.2, 0.25) is 0 Å². The van der Waals surface area contributed by atoms with Crippen molar-refractivity contribution >= 4 is 40.5 Å². The number of nitrogens with zero attached hydrogens (tertiary/aromatic N) is 1. The van der Waals surface area contributed by atoms with Crippen LogP contribution < -0.4 is 10.6 Å². The lowest BCUT2D eigenvalue weighted by Gasteiger charge is -2.25. The number of rotatable bonds is 7. The van der Waals surface area contributed by atoms with E-state index in [1.807, 2.05) is 11.8 Å². The molecule has 0 aliphatic heterocycles. The van der Waals surface area contributed by atoms with Crippen LogP contribution in [0.4, 0.5) is 5.69 Å². The van der Waals surface area contributed by atoms with Gasteiger partial charge in [0.15, 0.2) is 0 Å². The molecule has 0 unspecified atom stereocenters. The molecule has 0 amide bonds. The van der Waals surface area contributed by atoms with Crippen molar-refractivity contribution in [3.63, 3.8) is 0 Å². The van der Waals surface area contributed by atoms with Gasteiger partial charge in [-0.1, -0.05) is 30.7 Å². The van der Waals surface area contributed by atoms with Gasteiger partial charge >= 0.3 is 5.97 Å². The van der Waals surface area contributed by atoms with Crippen molar-refractivity contribution in [1.29, 1.82) is 0 Å². The Morgan fingerprint density at radius 3 is 2.70 bits per heavy atom. The molecule has 2 N–H and O–H groups in total. The maximum Gasteiger partial charge on any atom is 0.325 e. The first-order valence-corrected chi connectivity index (χ1v) is 7.28. The first-order valence-electron chi connectivity index (χ1n) is 6.49. The largest absolute Gasteiger partial charge is 0.465 e. The molecule has 0 heterocycles. The average molecular weight is 315 g/mol. The average Bonchev–Trinajstić information content (AvgIpc) is 2.38. The van der Waals surface area contributed by atoms with Crippen LogP contribution in [0.25, 0.3) is 0 Å². The maximum absolute atomic E-state index is 11.7. The fraction of sp³-hybridized carbons (Fsp3) is 0.429. The summed E-state index contributed by atoms with van der Waals surface area (Å²) in [5.74, 6) is -0.283. The fourth-order valence-electron chi connectivity index (χ4n) is 1.89. The van der Waals surface area contributed by atoms with Crippen molar-refractivity contribution in [3.05, 3.63) is 28.8 Å². The Kier molecular flexibility index (Phi) is 6.75. The number of carbonyl (C=O) groups excluding carboxylic acids is 1. The van der Waals surface area contributed by atoms with E-state index in [0.717, 1.165) is 12.1 Å². The van der Waals surface area contributed by atoms with E-state index >= 15 is 0 Å². The van der Waals surface area contributed by atoms with Crippen LogP contribution in [0.3, 0.4) is 0 Å². The quantitative estimate of drug-likeness (QED) is 0.619. The zero-order valence-corrected chi connectivity index (χ0v) is 13.3. The van der Waals surface area contributed by atoms with E-state index in [2.05, 4.69) is 0 Å². The molecule has 1 aromatic carbocycles. The SMILES string of the molecule is CCCN(CC(=O)OCC)c1cc(Cl)ccc1C(N)=S. The Labute approximate surface area is 129 Å².